The zero-order valence-corrected chi connectivity index (χ0v) is 8.35. The van der Waals surface area contributed by atoms with Crippen molar-refractivity contribution in [1.29, 1.82) is 0 Å². The molecule has 1 aliphatic rings. The van der Waals surface area contributed by atoms with Crippen LogP contribution in [0.25, 0.3) is 0 Å². The number of carbonyl (C=O) groups is 1. The third-order valence-electron chi connectivity index (χ3n) is 2.71. The summed E-state index contributed by atoms with van der Waals surface area (Å²) in [5.74, 6) is -0.119. The molecule has 0 bridgehead atoms. The summed E-state index contributed by atoms with van der Waals surface area (Å²) in [6.07, 6.45) is 4.62. The van der Waals surface area contributed by atoms with Gasteiger partial charge in [0.1, 0.15) is 0 Å². The molecule has 5 nitrogen and oxygen atoms in total. The normalized spacial score (nSPS) is 26.2. The summed E-state index contributed by atoms with van der Waals surface area (Å²) in [7, 11) is 0. The zero-order chi connectivity index (χ0) is 10.7. The van der Waals surface area contributed by atoms with E-state index >= 15 is 0 Å². The third kappa shape index (κ3) is 2.36. The molecule has 15 heavy (non-hydrogen) atoms. The quantitative estimate of drug-likeness (QED) is 0.753. The number of hydrogen-bond donors (Lipinski definition) is 2. The predicted octanol–water partition coefficient (Wildman–Crippen LogP) is 0.708. The Morgan fingerprint density at radius 3 is 3.00 bits per heavy atom. The van der Waals surface area contributed by atoms with Gasteiger partial charge in [-0.25, -0.2) is 0 Å². The van der Waals surface area contributed by atoms with E-state index in [9.17, 15) is 9.90 Å². The number of carbonyl (C=O) groups excluding carboxylic acids is 1. The Labute approximate surface area is 87.5 Å². The summed E-state index contributed by atoms with van der Waals surface area (Å²) < 4.78 is 4.73. The maximum absolute atomic E-state index is 11.6. The minimum absolute atomic E-state index is 0.156. The monoisotopic (exact) mass is 210 g/mol. The first kappa shape index (κ1) is 10.2. The van der Waals surface area contributed by atoms with E-state index in [0.717, 1.165) is 25.7 Å². The molecule has 0 saturated heterocycles. The first-order chi connectivity index (χ1) is 7.27. The van der Waals surface area contributed by atoms with Crippen molar-refractivity contribution in [3.05, 3.63) is 18.0 Å². The number of rotatable bonds is 2. The highest BCUT2D eigenvalue weighted by Gasteiger charge is 2.25. The number of hydrogen-bond acceptors (Lipinski definition) is 4. The first-order valence-electron chi connectivity index (χ1n) is 5.17. The van der Waals surface area contributed by atoms with Crippen molar-refractivity contribution >= 4 is 5.91 Å². The van der Waals surface area contributed by atoms with E-state index in [0.29, 0.717) is 0 Å². The van der Waals surface area contributed by atoms with Crippen LogP contribution >= 0.6 is 0 Å². The Kier molecular flexibility index (Phi) is 3.01. The van der Waals surface area contributed by atoms with Crippen molar-refractivity contribution in [1.82, 2.24) is 10.5 Å². The van der Waals surface area contributed by atoms with Gasteiger partial charge < -0.3 is 14.9 Å². The van der Waals surface area contributed by atoms with E-state index in [1.807, 2.05) is 0 Å². The number of nitrogens with one attached hydrogen (secondary N) is 1. The Morgan fingerprint density at radius 1 is 1.53 bits per heavy atom. The molecule has 1 fully saturated rings. The maximum Gasteiger partial charge on any atom is 0.290 e. The molecular weight excluding hydrogens is 196 g/mol. The molecule has 2 N–H and O–H groups in total. The van der Waals surface area contributed by atoms with Gasteiger partial charge in [0.15, 0.2) is 0 Å². The largest absolute Gasteiger partial charge is 0.391 e. The van der Waals surface area contributed by atoms with E-state index in [1.54, 1.807) is 0 Å². The molecule has 0 spiro atoms. The smallest absolute Gasteiger partial charge is 0.290 e. The highest BCUT2D eigenvalue weighted by molar-refractivity contribution is 5.91. The lowest BCUT2D eigenvalue weighted by molar-refractivity contribution is 0.0692. The van der Waals surface area contributed by atoms with Crippen molar-refractivity contribution < 1.29 is 14.4 Å². The van der Waals surface area contributed by atoms with Crippen molar-refractivity contribution in [2.75, 3.05) is 0 Å². The number of aliphatic hydroxyl groups is 1. The molecule has 1 aliphatic carbocycles. The molecule has 1 aromatic heterocycles. The molecule has 2 atom stereocenters. The summed E-state index contributed by atoms with van der Waals surface area (Å²) in [5, 5.41) is 15.9. The molecule has 1 heterocycles. The minimum Gasteiger partial charge on any atom is -0.391 e. The van der Waals surface area contributed by atoms with Crippen LogP contribution < -0.4 is 5.32 Å². The predicted molar refractivity (Wildman–Crippen MR) is 52.2 cm³/mol. The molecule has 1 aromatic rings. The van der Waals surface area contributed by atoms with Crippen LogP contribution in [0, 0.1) is 0 Å². The van der Waals surface area contributed by atoms with Crippen LogP contribution in [0.4, 0.5) is 0 Å². The van der Waals surface area contributed by atoms with Crippen LogP contribution in [0.15, 0.2) is 16.8 Å². The number of nitrogens with zero attached hydrogens (tertiary/aromatic N) is 1. The summed E-state index contributed by atoms with van der Waals surface area (Å²) in [6.45, 7) is 0. The van der Waals surface area contributed by atoms with Gasteiger partial charge in [0.05, 0.1) is 18.3 Å². The molecule has 0 aliphatic heterocycles. The van der Waals surface area contributed by atoms with Gasteiger partial charge in [0.25, 0.3) is 5.91 Å². The molecule has 82 valence electrons. The van der Waals surface area contributed by atoms with Crippen LogP contribution in [-0.2, 0) is 0 Å². The van der Waals surface area contributed by atoms with Crippen molar-refractivity contribution in [3.63, 3.8) is 0 Å². The van der Waals surface area contributed by atoms with Crippen molar-refractivity contribution in [2.24, 2.45) is 0 Å². The van der Waals surface area contributed by atoms with Crippen LogP contribution in [0.2, 0.25) is 0 Å². The van der Waals surface area contributed by atoms with Gasteiger partial charge in [0, 0.05) is 6.07 Å². The molecule has 1 amide bonds. The SMILES string of the molecule is O=C(NC1CCCCC1O)c1ccno1. The van der Waals surface area contributed by atoms with E-state index in [4.69, 9.17) is 4.52 Å². The highest BCUT2D eigenvalue weighted by atomic mass is 16.5. The summed E-state index contributed by atoms with van der Waals surface area (Å²) in [5.41, 5.74) is 0. The molecule has 5 heteroatoms. The van der Waals surface area contributed by atoms with Gasteiger partial charge in [0.2, 0.25) is 5.76 Å². The lowest BCUT2D eigenvalue weighted by Crippen LogP contribution is -2.44. The minimum atomic E-state index is -0.439. The van der Waals surface area contributed by atoms with Crippen LogP contribution in [0.5, 0.6) is 0 Å². The lowest BCUT2D eigenvalue weighted by Gasteiger charge is -2.27. The first-order valence-corrected chi connectivity index (χ1v) is 5.17. The van der Waals surface area contributed by atoms with Crippen LogP contribution in [0.1, 0.15) is 36.2 Å². The van der Waals surface area contributed by atoms with Gasteiger partial charge in [-0.1, -0.05) is 18.0 Å². The Bertz CT molecular complexity index is 323. The molecule has 0 aromatic carbocycles. The second kappa shape index (κ2) is 4.44. The topological polar surface area (TPSA) is 75.4 Å². The van der Waals surface area contributed by atoms with Crippen LogP contribution in [-0.4, -0.2) is 28.3 Å². The average Bonchev–Trinajstić information content (AvgIpc) is 2.74. The fourth-order valence-electron chi connectivity index (χ4n) is 1.85. The standard InChI is InChI=1S/C10H14N2O3/c13-8-4-2-1-3-7(8)12-10(14)9-5-6-11-15-9/h5-8,13H,1-4H2,(H,12,14). The Morgan fingerprint density at radius 2 is 2.33 bits per heavy atom. The molecule has 2 unspecified atom stereocenters. The lowest BCUT2D eigenvalue weighted by atomic mass is 9.92. The second-order valence-electron chi connectivity index (χ2n) is 3.81. The Hall–Kier alpha value is -1.36. The number of aliphatic hydroxyl groups excluding tert-OH is 1. The summed E-state index contributed by atoms with van der Waals surface area (Å²) in [4.78, 5) is 11.6. The molecule has 0 radical (unpaired) electrons. The third-order valence-corrected chi connectivity index (χ3v) is 2.71. The fourth-order valence-corrected chi connectivity index (χ4v) is 1.85. The van der Waals surface area contributed by atoms with Gasteiger partial charge in [-0.05, 0) is 12.8 Å². The van der Waals surface area contributed by atoms with Crippen LogP contribution in [0.3, 0.4) is 0 Å². The average molecular weight is 210 g/mol. The maximum atomic E-state index is 11.6. The highest BCUT2D eigenvalue weighted by Crippen LogP contribution is 2.18. The summed E-state index contributed by atoms with van der Waals surface area (Å²) >= 11 is 0. The van der Waals surface area contributed by atoms with Gasteiger partial charge >= 0.3 is 0 Å². The van der Waals surface area contributed by atoms with E-state index in [2.05, 4.69) is 10.5 Å². The molecule has 1 saturated carbocycles. The molecule has 2 rings (SSSR count). The van der Waals surface area contributed by atoms with E-state index in [-0.39, 0.29) is 17.7 Å². The van der Waals surface area contributed by atoms with Crippen molar-refractivity contribution in [3.8, 4) is 0 Å². The molecular formula is C10H14N2O3. The fraction of sp³-hybridized carbons (Fsp3) is 0.600. The second-order valence-corrected chi connectivity index (χ2v) is 3.81. The van der Waals surface area contributed by atoms with Crippen molar-refractivity contribution in [2.45, 2.75) is 37.8 Å². The van der Waals surface area contributed by atoms with Gasteiger partial charge in [-0.2, -0.15) is 0 Å². The number of aromatic nitrogens is 1. The Balaban J connectivity index is 1.93. The zero-order valence-electron chi connectivity index (χ0n) is 8.35. The summed E-state index contributed by atoms with van der Waals surface area (Å²) in [6, 6.07) is 1.35. The van der Waals surface area contributed by atoms with Gasteiger partial charge in [-0.15, -0.1) is 0 Å². The van der Waals surface area contributed by atoms with Gasteiger partial charge in [-0.3, -0.25) is 4.79 Å². The van der Waals surface area contributed by atoms with E-state index < -0.39 is 6.10 Å². The number of amides is 1. The van der Waals surface area contributed by atoms with E-state index in [1.165, 1.54) is 12.3 Å².